The number of fused-ring (bicyclic) bond motifs is 8. The Bertz CT molecular complexity index is 3600. The van der Waals surface area contributed by atoms with Gasteiger partial charge in [-0.25, -0.2) is 0 Å². The van der Waals surface area contributed by atoms with Gasteiger partial charge >= 0.3 is 0 Å². The predicted octanol–water partition coefficient (Wildman–Crippen LogP) is 14.7. The second-order valence-electron chi connectivity index (χ2n) is 16.3. The molecule has 2 aromatic heterocycles. The molecule has 0 unspecified atom stereocenters. The molecule has 12 rings (SSSR count). The van der Waals surface area contributed by atoms with E-state index < -0.39 is 0 Å². The lowest BCUT2D eigenvalue weighted by molar-refractivity contribution is 0.888. The molecule has 0 saturated carbocycles. The number of benzene rings is 8. The zero-order valence-electron chi connectivity index (χ0n) is 34.2. The molecule has 1 aliphatic heterocycles. The Morgan fingerprint density at radius 2 is 1.03 bits per heavy atom. The lowest BCUT2D eigenvalue weighted by atomic mass is 9.98. The molecule has 0 spiro atoms. The van der Waals surface area contributed by atoms with Crippen molar-refractivity contribution in [3.8, 4) is 45.8 Å². The summed E-state index contributed by atoms with van der Waals surface area (Å²) < 4.78 is 4.82. The van der Waals surface area contributed by atoms with E-state index in [1.54, 1.807) is 6.07 Å². The standard InChI is InChI=1S/C58H37N5/c59-36-38-29-39(37-60)31-45(30-38)40-21-25-48(26-22-40)61-53-28-24-41(42-23-27-51-49-15-7-9-17-54(49)62(57(51)33-42)46-11-3-1-4-12-46)32-43(53)19-20-44-34-58-52(35-56(44)61)50-16-8-10-18-55(50)63(58)47-13-5-2-6-14-47/h1-9,11-17,19-35H,10,18H2. The molecule has 0 fully saturated rings. The van der Waals surface area contributed by atoms with Gasteiger partial charge in [0, 0.05) is 50.0 Å². The third-order valence-corrected chi connectivity index (χ3v) is 12.7. The number of para-hydroxylation sites is 3. The van der Waals surface area contributed by atoms with E-state index in [4.69, 9.17) is 0 Å². The number of anilines is 3. The van der Waals surface area contributed by atoms with E-state index in [-0.39, 0.29) is 0 Å². The maximum Gasteiger partial charge on any atom is 0.0992 e. The number of rotatable bonds is 5. The fourth-order valence-corrected chi connectivity index (χ4v) is 9.86. The number of hydrogen-bond acceptors (Lipinski definition) is 3. The zero-order valence-corrected chi connectivity index (χ0v) is 34.2. The van der Waals surface area contributed by atoms with Crippen molar-refractivity contribution in [2.24, 2.45) is 0 Å². The second kappa shape index (κ2) is 14.5. The van der Waals surface area contributed by atoms with Gasteiger partial charge in [0.1, 0.15) is 0 Å². The first kappa shape index (κ1) is 36.2. The van der Waals surface area contributed by atoms with Gasteiger partial charge < -0.3 is 14.0 Å². The van der Waals surface area contributed by atoms with Crippen LogP contribution in [0.3, 0.4) is 0 Å². The van der Waals surface area contributed by atoms with Gasteiger partial charge in [0.2, 0.25) is 0 Å². The summed E-state index contributed by atoms with van der Waals surface area (Å²) >= 11 is 0. The van der Waals surface area contributed by atoms with Crippen LogP contribution in [0.5, 0.6) is 0 Å². The highest BCUT2D eigenvalue weighted by atomic mass is 15.1. The highest BCUT2D eigenvalue weighted by molar-refractivity contribution is 6.10. The lowest BCUT2D eigenvalue weighted by Gasteiger charge is -2.28. The van der Waals surface area contributed by atoms with Gasteiger partial charge in [0.25, 0.3) is 0 Å². The van der Waals surface area contributed by atoms with Crippen LogP contribution >= 0.6 is 0 Å². The first-order chi connectivity index (χ1) is 31.1. The minimum absolute atomic E-state index is 0.467. The fraction of sp³-hybridized carbons (Fsp3) is 0.0345. The van der Waals surface area contributed by atoms with Crippen LogP contribution in [-0.2, 0) is 6.42 Å². The van der Waals surface area contributed by atoms with Gasteiger partial charge in [-0.3, -0.25) is 0 Å². The van der Waals surface area contributed by atoms with Crippen LogP contribution in [0.2, 0.25) is 0 Å². The molecule has 0 radical (unpaired) electrons. The van der Waals surface area contributed by atoms with Gasteiger partial charge in [0.15, 0.2) is 0 Å². The Balaban J connectivity index is 1.05. The topological polar surface area (TPSA) is 60.7 Å². The van der Waals surface area contributed by atoms with Crippen molar-refractivity contribution >= 4 is 68.0 Å². The van der Waals surface area contributed by atoms with Crippen LogP contribution in [0.1, 0.15) is 39.9 Å². The molecule has 0 N–H and O–H groups in total. The number of nitrogens with zero attached hydrogens (tertiary/aromatic N) is 5. The monoisotopic (exact) mass is 803 g/mol. The Labute approximate surface area is 365 Å². The smallest absolute Gasteiger partial charge is 0.0992 e. The van der Waals surface area contributed by atoms with Crippen molar-refractivity contribution in [3.63, 3.8) is 0 Å². The number of hydrogen-bond donors (Lipinski definition) is 0. The highest BCUT2D eigenvalue weighted by Crippen LogP contribution is 2.47. The summed E-state index contributed by atoms with van der Waals surface area (Å²) in [5, 5.41) is 23.1. The van der Waals surface area contributed by atoms with Gasteiger partial charge in [-0.1, -0.05) is 109 Å². The molecule has 5 nitrogen and oxygen atoms in total. The van der Waals surface area contributed by atoms with Gasteiger partial charge in [0.05, 0.1) is 51.2 Å². The summed E-state index contributed by atoms with van der Waals surface area (Å²) in [6.45, 7) is 0. The Morgan fingerprint density at radius 3 is 1.78 bits per heavy atom. The molecular weight excluding hydrogens is 767 g/mol. The second-order valence-corrected chi connectivity index (χ2v) is 16.3. The highest BCUT2D eigenvalue weighted by Gasteiger charge is 2.26. The molecule has 3 heterocycles. The lowest BCUT2D eigenvalue weighted by Crippen LogP contribution is -2.12. The zero-order chi connectivity index (χ0) is 42.0. The maximum atomic E-state index is 9.72. The fourth-order valence-electron chi connectivity index (χ4n) is 9.86. The minimum Gasteiger partial charge on any atom is -0.313 e. The van der Waals surface area contributed by atoms with Crippen LogP contribution in [0.25, 0.3) is 84.6 Å². The van der Waals surface area contributed by atoms with E-state index in [9.17, 15) is 10.5 Å². The van der Waals surface area contributed by atoms with E-state index in [2.05, 4.69) is 208 Å². The van der Waals surface area contributed by atoms with Crippen molar-refractivity contribution in [2.45, 2.75) is 12.8 Å². The average molecular weight is 804 g/mol. The molecule has 0 amide bonds. The van der Waals surface area contributed by atoms with Crippen LogP contribution in [0.15, 0.2) is 182 Å². The quantitative estimate of drug-likeness (QED) is 0.174. The summed E-state index contributed by atoms with van der Waals surface area (Å²) in [6.07, 6.45) is 11.1. The summed E-state index contributed by atoms with van der Waals surface area (Å²) in [5.41, 5.74) is 18.9. The summed E-state index contributed by atoms with van der Waals surface area (Å²) in [7, 11) is 0. The van der Waals surface area contributed by atoms with Crippen molar-refractivity contribution in [3.05, 3.63) is 216 Å². The first-order valence-electron chi connectivity index (χ1n) is 21.3. The molecule has 5 heteroatoms. The molecule has 1 aliphatic carbocycles. The SMILES string of the molecule is N#Cc1cc(C#N)cc(-c2ccc(N3c4ccc(-c5ccc6c7ccccc7n(-c7ccccc7)c6c5)cc4C=Cc4cc5c(cc43)c3c(n5-c4ccccc4)CCC=C3)cc2)c1. The maximum absolute atomic E-state index is 9.72. The van der Waals surface area contributed by atoms with E-state index in [1.165, 1.54) is 49.7 Å². The van der Waals surface area contributed by atoms with Crippen LogP contribution in [0.4, 0.5) is 17.1 Å². The molecule has 0 bridgehead atoms. The van der Waals surface area contributed by atoms with E-state index in [1.807, 2.05) is 12.1 Å². The van der Waals surface area contributed by atoms with Gasteiger partial charge in [-0.2, -0.15) is 10.5 Å². The Hall–Kier alpha value is -8.64. The minimum atomic E-state index is 0.467. The molecule has 294 valence electrons. The molecule has 10 aromatic rings. The summed E-state index contributed by atoms with van der Waals surface area (Å²) in [5.74, 6) is 0. The van der Waals surface area contributed by atoms with Crippen molar-refractivity contribution in [1.82, 2.24) is 9.13 Å². The number of aromatic nitrogens is 2. The summed E-state index contributed by atoms with van der Waals surface area (Å²) in [4.78, 5) is 2.39. The molecule has 63 heavy (non-hydrogen) atoms. The van der Waals surface area contributed by atoms with E-state index in [0.717, 1.165) is 69.0 Å². The van der Waals surface area contributed by atoms with Crippen molar-refractivity contribution in [2.75, 3.05) is 4.90 Å². The average Bonchev–Trinajstić information content (AvgIpc) is 3.80. The number of nitriles is 2. The molecule has 0 saturated heterocycles. The largest absolute Gasteiger partial charge is 0.313 e. The number of allylic oxidation sites excluding steroid dienone is 1. The molecule has 0 atom stereocenters. The molecule has 8 aromatic carbocycles. The third kappa shape index (κ3) is 5.91. The molecular formula is C58H37N5. The summed E-state index contributed by atoms with van der Waals surface area (Å²) in [6, 6.07) is 66.7. The van der Waals surface area contributed by atoms with Crippen molar-refractivity contribution < 1.29 is 0 Å². The Morgan fingerprint density at radius 1 is 0.413 bits per heavy atom. The van der Waals surface area contributed by atoms with Crippen LogP contribution in [0, 0.1) is 22.7 Å². The van der Waals surface area contributed by atoms with Crippen molar-refractivity contribution in [1.29, 1.82) is 10.5 Å². The Kier molecular flexibility index (Phi) is 8.35. The van der Waals surface area contributed by atoms with Crippen LogP contribution in [-0.4, -0.2) is 9.13 Å². The molecule has 2 aliphatic rings. The van der Waals surface area contributed by atoms with E-state index >= 15 is 0 Å². The van der Waals surface area contributed by atoms with Gasteiger partial charge in [-0.15, -0.1) is 0 Å². The third-order valence-electron chi connectivity index (χ3n) is 12.7. The van der Waals surface area contributed by atoms with Gasteiger partial charge in [-0.05, 0) is 132 Å². The van der Waals surface area contributed by atoms with Crippen LogP contribution < -0.4 is 4.90 Å². The normalized spacial score (nSPS) is 12.8. The predicted molar refractivity (Wildman–Crippen MR) is 259 cm³/mol. The van der Waals surface area contributed by atoms with E-state index in [0.29, 0.717) is 11.1 Å². The first-order valence-corrected chi connectivity index (χ1v) is 21.3.